The van der Waals surface area contributed by atoms with Gasteiger partial charge in [-0.3, -0.25) is 0 Å². The lowest BCUT2D eigenvalue weighted by atomic mass is 10.1. The van der Waals surface area contributed by atoms with E-state index in [9.17, 15) is 0 Å². The zero-order valence-corrected chi connectivity index (χ0v) is 39.3. The number of rotatable bonds is 8. The van der Waals surface area contributed by atoms with E-state index in [1.165, 1.54) is 97.3 Å². The molecule has 3 nitrogen and oxygen atoms in total. The first kappa shape index (κ1) is 40.1. The highest BCUT2D eigenvalue weighted by molar-refractivity contribution is 7.20. The van der Waals surface area contributed by atoms with Crippen molar-refractivity contribution in [3.63, 3.8) is 0 Å². The van der Waals surface area contributed by atoms with Crippen LogP contribution in [0.25, 0.3) is 93.6 Å². The van der Waals surface area contributed by atoms with Crippen molar-refractivity contribution in [2.45, 2.75) is 0 Å². The van der Waals surface area contributed by atoms with Crippen LogP contribution in [0.4, 0.5) is 0 Å². The summed E-state index contributed by atoms with van der Waals surface area (Å²) >= 11 is 0. The van der Waals surface area contributed by atoms with Crippen molar-refractivity contribution in [3.05, 3.63) is 273 Å². The molecule has 14 aromatic rings. The van der Waals surface area contributed by atoms with Gasteiger partial charge in [0.15, 0.2) is 8.07 Å². The largest absolute Gasteiger partial charge is 0.309 e. The third-order valence-electron chi connectivity index (χ3n) is 14.8. The number of para-hydroxylation sites is 4. The van der Waals surface area contributed by atoms with E-state index in [4.69, 9.17) is 0 Å². The summed E-state index contributed by atoms with van der Waals surface area (Å²) < 4.78 is 7.39. The third kappa shape index (κ3) is 6.00. The minimum absolute atomic E-state index is 1.14. The Labute approximate surface area is 407 Å². The zero-order valence-electron chi connectivity index (χ0n) is 38.3. The SMILES string of the molecule is c1ccc(-c2ccc(-n3c4ccccc4c4cc(-n5c6ccccc6c6c([Si](c7ccccc7)(c7ccccc7)c7cccc(-n8c9ccccc9c9ccccc98)c7)cccc65)ccc43)cc2)cc1. The highest BCUT2D eigenvalue weighted by Crippen LogP contribution is 2.38. The first-order valence-corrected chi connectivity index (χ1v) is 26.2. The fourth-order valence-corrected chi connectivity index (χ4v) is 16.9. The second kappa shape index (κ2) is 16.1. The van der Waals surface area contributed by atoms with Gasteiger partial charge in [-0.05, 0) is 105 Å². The number of hydrogen-bond acceptors (Lipinski definition) is 0. The molecule has 0 aliphatic heterocycles. The maximum Gasteiger partial charge on any atom is 0.180 e. The second-order valence-corrected chi connectivity index (χ2v) is 22.2. The molecule has 70 heavy (non-hydrogen) atoms. The smallest absolute Gasteiger partial charge is 0.180 e. The summed E-state index contributed by atoms with van der Waals surface area (Å²) in [5.74, 6) is 0. The molecule has 0 radical (unpaired) electrons. The van der Waals surface area contributed by atoms with Gasteiger partial charge in [-0.1, -0.05) is 200 Å². The molecule has 0 saturated carbocycles. The first-order valence-electron chi connectivity index (χ1n) is 24.2. The Hall–Kier alpha value is -8.96. The number of nitrogens with zero attached hydrogens (tertiary/aromatic N) is 3. The van der Waals surface area contributed by atoms with Gasteiger partial charge in [0, 0.05) is 49.4 Å². The van der Waals surface area contributed by atoms with E-state index < -0.39 is 8.07 Å². The van der Waals surface area contributed by atoms with Crippen molar-refractivity contribution in [1.29, 1.82) is 0 Å². The zero-order chi connectivity index (χ0) is 46.2. The van der Waals surface area contributed by atoms with Gasteiger partial charge in [0.1, 0.15) is 0 Å². The molecule has 3 aromatic heterocycles. The lowest BCUT2D eigenvalue weighted by molar-refractivity contribution is 1.17. The van der Waals surface area contributed by atoms with E-state index in [1.54, 1.807) is 0 Å². The van der Waals surface area contributed by atoms with Gasteiger partial charge >= 0.3 is 0 Å². The predicted octanol–water partition coefficient (Wildman–Crippen LogP) is 14.0. The lowest BCUT2D eigenvalue weighted by Crippen LogP contribution is -2.74. The highest BCUT2D eigenvalue weighted by atomic mass is 28.3. The standard InChI is InChI=1S/C66H45N3Si/c1-4-20-46(21-5-1)47-38-40-48(41-39-47)67-61-34-16-12-30-56(61)58-45-50(42-43-63(58)67)69-62-35-17-13-31-57(62)66-64(69)36-19-37-65(66)70(51-23-6-2-7-24-51,52-25-8-3-9-26-52)53-27-18-22-49(44-53)68-59-32-14-10-28-54(59)55-29-11-15-33-60(55)68/h1-45H. The normalized spacial score (nSPS) is 12.0. The molecular weight excluding hydrogens is 863 g/mol. The highest BCUT2D eigenvalue weighted by Gasteiger charge is 2.43. The third-order valence-corrected chi connectivity index (χ3v) is 19.6. The van der Waals surface area contributed by atoms with Gasteiger partial charge in [-0.2, -0.15) is 0 Å². The number of hydrogen-bond donors (Lipinski definition) is 0. The van der Waals surface area contributed by atoms with Gasteiger partial charge in [0.25, 0.3) is 0 Å². The topological polar surface area (TPSA) is 14.8 Å². The van der Waals surface area contributed by atoms with Crippen LogP contribution >= 0.6 is 0 Å². The maximum absolute atomic E-state index is 3.12. The monoisotopic (exact) mass is 907 g/mol. The fraction of sp³-hybridized carbons (Fsp3) is 0. The molecule has 0 amide bonds. The predicted molar refractivity (Wildman–Crippen MR) is 299 cm³/mol. The van der Waals surface area contributed by atoms with Crippen LogP contribution in [0.2, 0.25) is 0 Å². The van der Waals surface area contributed by atoms with E-state index in [1.807, 2.05) is 0 Å². The van der Waals surface area contributed by atoms with E-state index >= 15 is 0 Å². The van der Waals surface area contributed by atoms with E-state index in [0.717, 1.165) is 17.1 Å². The Morgan fingerprint density at radius 2 is 0.629 bits per heavy atom. The van der Waals surface area contributed by atoms with Crippen LogP contribution in [0.15, 0.2) is 273 Å². The molecule has 0 spiro atoms. The van der Waals surface area contributed by atoms with Crippen LogP contribution in [0, 0.1) is 0 Å². The molecule has 0 aliphatic rings. The van der Waals surface area contributed by atoms with Gasteiger partial charge < -0.3 is 13.7 Å². The van der Waals surface area contributed by atoms with Gasteiger partial charge in [-0.25, -0.2) is 0 Å². The summed E-state index contributed by atoms with van der Waals surface area (Å²) in [6, 6.07) is 101. The summed E-state index contributed by atoms with van der Waals surface area (Å²) in [6.07, 6.45) is 0. The van der Waals surface area contributed by atoms with Crippen LogP contribution in [0.5, 0.6) is 0 Å². The molecule has 0 unspecified atom stereocenters. The molecule has 3 heterocycles. The van der Waals surface area contributed by atoms with Crippen LogP contribution in [-0.4, -0.2) is 21.8 Å². The van der Waals surface area contributed by atoms with Gasteiger partial charge in [-0.15, -0.1) is 0 Å². The Kier molecular flexibility index (Phi) is 9.23. The van der Waals surface area contributed by atoms with E-state index in [2.05, 4.69) is 287 Å². The molecule has 0 fully saturated rings. The maximum atomic E-state index is 2.51. The molecule has 14 rings (SSSR count). The Balaban J connectivity index is 1.02. The summed E-state index contributed by atoms with van der Waals surface area (Å²) in [4.78, 5) is 0. The number of benzene rings is 11. The van der Waals surface area contributed by atoms with Crippen molar-refractivity contribution in [2.24, 2.45) is 0 Å². The van der Waals surface area contributed by atoms with Crippen LogP contribution in [-0.2, 0) is 0 Å². The van der Waals surface area contributed by atoms with Crippen molar-refractivity contribution >= 4 is 94.2 Å². The molecule has 11 aromatic carbocycles. The van der Waals surface area contributed by atoms with Crippen molar-refractivity contribution in [3.8, 4) is 28.2 Å². The van der Waals surface area contributed by atoms with Gasteiger partial charge in [0.05, 0.1) is 33.1 Å². The average molecular weight is 908 g/mol. The Bertz CT molecular complexity index is 4180. The molecule has 0 saturated heterocycles. The lowest BCUT2D eigenvalue weighted by Gasteiger charge is -2.35. The van der Waals surface area contributed by atoms with Crippen molar-refractivity contribution in [2.75, 3.05) is 0 Å². The molecule has 0 N–H and O–H groups in total. The summed E-state index contributed by atoms with van der Waals surface area (Å²) in [5, 5.41) is 12.9. The summed E-state index contributed by atoms with van der Waals surface area (Å²) in [7, 11) is -3.12. The minimum atomic E-state index is -3.12. The molecule has 4 heteroatoms. The first-order chi connectivity index (χ1) is 34.8. The quantitative estimate of drug-likeness (QED) is 0.107. The van der Waals surface area contributed by atoms with Crippen molar-refractivity contribution < 1.29 is 0 Å². The molecular formula is C66H45N3Si. The van der Waals surface area contributed by atoms with Crippen LogP contribution in [0.1, 0.15) is 0 Å². The van der Waals surface area contributed by atoms with Gasteiger partial charge in [0.2, 0.25) is 0 Å². The summed E-state index contributed by atoms with van der Waals surface area (Å²) in [6.45, 7) is 0. The average Bonchev–Trinajstić information content (AvgIpc) is 4.08. The van der Waals surface area contributed by atoms with Crippen LogP contribution in [0.3, 0.4) is 0 Å². The molecule has 328 valence electrons. The number of fused-ring (bicyclic) bond motifs is 9. The summed E-state index contributed by atoms with van der Waals surface area (Å²) in [5.41, 5.74) is 13.0. The molecule has 0 bridgehead atoms. The fourth-order valence-electron chi connectivity index (χ4n) is 11.8. The molecule has 0 aliphatic carbocycles. The second-order valence-electron chi connectivity index (χ2n) is 18.4. The van der Waals surface area contributed by atoms with E-state index in [0.29, 0.717) is 0 Å². The molecule has 0 atom stereocenters. The minimum Gasteiger partial charge on any atom is -0.309 e. The Morgan fingerprint density at radius 1 is 0.229 bits per heavy atom. The van der Waals surface area contributed by atoms with E-state index in [-0.39, 0.29) is 0 Å². The van der Waals surface area contributed by atoms with Crippen molar-refractivity contribution in [1.82, 2.24) is 13.7 Å². The number of aromatic nitrogens is 3. The Morgan fingerprint density at radius 3 is 1.24 bits per heavy atom. The van der Waals surface area contributed by atoms with Crippen LogP contribution < -0.4 is 20.7 Å².